The van der Waals surface area contributed by atoms with Gasteiger partial charge in [-0.15, -0.1) is 0 Å². The normalized spacial score (nSPS) is 14.4. The van der Waals surface area contributed by atoms with Crippen molar-refractivity contribution in [2.24, 2.45) is 5.92 Å². The number of aromatic nitrogens is 2. The average Bonchev–Trinajstić information content (AvgIpc) is 3.22. The van der Waals surface area contributed by atoms with Crippen LogP contribution in [0.3, 0.4) is 0 Å². The zero-order chi connectivity index (χ0) is 13.2. The monoisotopic (exact) mass is 274 g/mol. The molecule has 0 N–H and O–H groups in total. The summed E-state index contributed by atoms with van der Waals surface area (Å²) in [4.78, 5) is 8.67. The molecule has 0 aliphatic heterocycles. The van der Waals surface area contributed by atoms with Crippen molar-refractivity contribution in [2.45, 2.75) is 19.8 Å². The van der Waals surface area contributed by atoms with Gasteiger partial charge in [0.1, 0.15) is 5.75 Å². The zero-order valence-corrected chi connectivity index (χ0v) is 11.5. The lowest BCUT2D eigenvalue weighted by Crippen LogP contribution is -2.01. The van der Waals surface area contributed by atoms with Crippen molar-refractivity contribution >= 4 is 11.6 Å². The second kappa shape index (κ2) is 5.17. The van der Waals surface area contributed by atoms with E-state index >= 15 is 0 Å². The molecular weight excluding hydrogens is 260 g/mol. The molecule has 0 radical (unpaired) electrons. The van der Waals surface area contributed by atoms with Gasteiger partial charge in [0.2, 0.25) is 0 Å². The highest BCUT2D eigenvalue weighted by molar-refractivity contribution is 6.30. The number of hydrogen-bond donors (Lipinski definition) is 0. The number of halogens is 1. The maximum Gasteiger partial charge on any atom is 0.130 e. The molecule has 1 heterocycles. The molecule has 0 bridgehead atoms. The third kappa shape index (κ3) is 3.04. The van der Waals surface area contributed by atoms with E-state index in [4.69, 9.17) is 16.3 Å². The Labute approximate surface area is 117 Å². The smallest absolute Gasteiger partial charge is 0.130 e. The van der Waals surface area contributed by atoms with Crippen molar-refractivity contribution in [2.75, 3.05) is 6.61 Å². The van der Waals surface area contributed by atoms with Gasteiger partial charge in [-0.25, -0.2) is 0 Å². The van der Waals surface area contributed by atoms with Gasteiger partial charge < -0.3 is 4.74 Å². The zero-order valence-electron chi connectivity index (χ0n) is 10.8. The lowest BCUT2D eigenvalue weighted by molar-refractivity contribution is 0.301. The Bertz CT molecular complexity index is 579. The average molecular weight is 275 g/mol. The minimum absolute atomic E-state index is 0.676. The minimum atomic E-state index is 0.676. The largest absolute Gasteiger partial charge is 0.493 e. The SMILES string of the molecule is Cc1cnc(-c2ccc(Cl)cc2OCC2CC2)cn1. The number of aryl methyl sites for hydroxylation is 1. The van der Waals surface area contributed by atoms with Crippen LogP contribution < -0.4 is 4.74 Å². The third-order valence-electron chi connectivity index (χ3n) is 3.17. The van der Waals surface area contributed by atoms with Crippen LogP contribution in [0, 0.1) is 12.8 Å². The molecule has 2 aromatic rings. The minimum Gasteiger partial charge on any atom is -0.493 e. The van der Waals surface area contributed by atoms with E-state index in [0.717, 1.165) is 29.3 Å². The van der Waals surface area contributed by atoms with E-state index in [2.05, 4.69) is 9.97 Å². The number of benzene rings is 1. The van der Waals surface area contributed by atoms with E-state index in [1.54, 1.807) is 12.4 Å². The Morgan fingerprint density at radius 3 is 2.79 bits per heavy atom. The van der Waals surface area contributed by atoms with Crippen LogP contribution in [-0.2, 0) is 0 Å². The van der Waals surface area contributed by atoms with Gasteiger partial charge in [-0.1, -0.05) is 11.6 Å². The molecular formula is C15H15ClN2O. The summed E-state index contributed by atoms with van der Waals surface area (Å²) >= 11 is 6.04. The molecule has 19 heavy (non-hydrogen) atoms. The highest BCUT2D eigenvalue weighted by Crippen LogP contribution is 2.34. The van der Waals surface area contributed by atoms with Gasteiger partial charge in [-0.3, -0.25) is 9.97 Å². The van der Waals surface area contributed by atoms with Crippen molar-refractivity contribution in [1.82, 2.24) is 9.97 Å². The van der Waals surface area contributed by atoms with Crippen LogP contribution >= 0.6 is 11.6 Å². The first-order chi connectivity index (χ1) is 9.22. The molecule has 0 amide bonds. The highest BCUT2D eigenvalue weighted by Gasteiger charge is 2.22. The fourth-order valence-corrected chi connectivity index (χ4v) is 2.01. The number of hydrogen-bond acceptors (Lipinski definition) is 3. The molecule has 1 saturated carbocycles. The fourth-order valence-electron chi connectivity index (χ4n) is 1.85. The van der Waals surface area contributed by atoms with Crippen molar-refractivity contribution in [3.63, 3.8) is 0 Å². The van der Waals surface area contributed by atoms with Gasteiger partial charge >= 0.3 is 0 Å². The summed E-state index contributed by atoms with van der Waals surface area (Å²) in [6.45, 7) is 2.68. The Balaban J connectivity index is 1.91. The van der Waals surface area contributed by atoms with Gasteiger partial charge in [0.25, 0.3) is 0 Å². The lowest BCUT2D eigenvalue weighted by atomic mass is 10.1. The Kier molecular flexibility index (Phi) is 3.38. The molecule has 1 aromatic heterocycles. The standard InChI is InChI=1S/C15H15ClN2O/c1-10-7-18-14(8-17-10)13-5-4-12(16)6-15(13)19-9-11-2-3-11/h4-8,11H,2-3,9H2,1H3. The van der Waals surface area contributed by atoms with Crippen molar-refractivity contribution in [3.8, 4) is 17.0 Å². The van der Waals surface area contributed by atoms with Crippen molar-refractivity contribution in [3.05, 3.63) is 41.3 Å². The molecule has 0 atom stereocenters. The van der Waals surface area contributed by atoms with Crippen molar-refractivity contribution < 1.29 is 4.74 Å². The van der Waals surface area contributed by atoms with E-state index in [1.807, 2.05) is 25.1 Å². The van der Waals surface area contributed by atoms with Crippen molar-refractivity contribution in [1.29, 1.82) is 0 Å². The Morgan fingerprint density at radius 1 is 1.26 bits per heavy atom. The van der Waals surface area contributed by atoms with E-state index in [-0.39, 0.29) is 0 Å². The topological polar surface area (TPSA) is 35.0 Å². The fraction of sp³-hybridized carbons (Fsp3) is 0.333. The van der Waals surface area contributed by atoms with E-state index < -0.39 is 0 Å². The molecule has 1 aliphatic carbocycles. The van der Waals surface area contributed by atoms with Crippen LogP contribution in [0.15, 0.2) is 30.6 Å². The summed E-state index contributed by atoms with van der Waals surface area (Å²) in [5.74, 6) is 1.49. The number of rotatable bonds is 4. The summed E-state index contributed by atoms with van der Waals surface area (Å²) in [6.07, 6.45) is 6.05. The van der Waals surface area contributed by atoms with Crippen LogP contribution in [-0.4, -0.2) is 16.6 Å². The molecule has 0 saturated heterocycles. The highest BCUT2D eigenvalue weighted by atomic mass is 35.5. The molecule has 1 fully saturated rings. The Morgan fingerprint density at radius 2 is 2.11 bits per heavy atom. The molecule has 4 heteroatoms. The maximum absolute atomic E-state index is 6.04. The number of ether oxygens (including phenoxy) is 1. The summed E-state index contributed by atoms with van der Waals surface area (Å²) in [5.41, 5.74) is 2.66. The molecule has 1 aliphatic rings. The first kappa shape index (κ1) is 12.4. The second-order valence-corrected chi connectivity index (χ2v) is 5.37. The van der Waals surface area contributed by atoms with E-state index in [9.17, 15) is 0 Å². The van der Waals surface area contributed by atoms with E-state index in [1.165, 1.54) is 12.8 Å². The van der Waals surface area contributed by atoms with Gasteiger partial charge in [-0.05, 0) is 43.9 Å². The predicted octanol–water partition coefficient (Wildman–Crippen LogP) is 3.89. The molecule has 98 valence electrons. The van der Waals surface area contributed by atoms with Crippen LogP contribution in [0.1, 0.15) is 18.5 Å². The molecule has 0 unspecified atom stereocenters. The van der Waals surface area contributed by atoms with E-state index in [0.29, 0.717) is 10.9 Å². The third-order valence-corrected chi connectivity index (χ3v) is 3.41. The first-order valence-electron chi connectivity index (χ1n) is 6.44. The molecule has 3 rings (SSSR count). The predicted molar refractivity (Wildman–Crippen MR) is 75.4 cm³/mol. The molecule has 3 nitrogen and oxygen atoms in total. The maximum atomic E-state index is 6.04. The number of nitrogens with zero attached hydrogens (tertiary/aromatic N) is 2. The molecule has 1 aromatic carbocycles. The van der Waals surface area contributed by atoms with Crippen LogP contribution in [0.4, 0.5) is 0 Å². The van der Waals surface area contributed by atoms with Gasteiger partial charge in [0, 0.05) is 16.8 Å². The van der Waals surface area contributed by atoms with Gasteiger partial charge in [0.15, 0.2) is 0 Å². The first-order valence-corrected chi connectivity index (χ1v) is 6.81. The lowest BCUT2D eigenvalue weighted by Gasteiger charge is -2.11. The van der Waals surface area contributed by atoms with Crippen LogP contribution in [0.5, 0.6) is 5.75 Å². The summed E-state index contributed by atoms with van der Waals surface area (Å²) in [5, 5.41) is 0.676. The Hall–Kier alpha value is -1.61. The van der Waals surface area contributed by atoms with Gasteiger partial charge in [-0.2, -0.15) is 0 Å². The summed E-state index contributed by atoms with van der Waals surface area (Å²) < 4.78 is 5.87. The summed E-state index contributed by atoms with van der Waals surface area (Å²) in [6, 6.07) is 5.63. The van der Waals surface area contributed by atoms with Gasteiger partial charge in [0.05, 0.1) is 24.2 Å². The quantitative estimate of drug-likeness (QED) is 0.848. The summed E-state index contributed by atoms with van der Waals surface area (Å²) in [7, 11) is 0. The van der Waals surface area contributed by atoms with Crippen LogP contribution in [0.25, 0.3) is 11.3 Å². The second-order valence-electron chi connectivity index (χ2n) is 4.94. The van der Waals surface area contributed by atoms with Crippen LogP contribution in [0.2, 0.25) is 5.02 Å². The molecule has 0 spiro atoms.